The van der Waals surface area contributed by atoms with Crippen molar-refractivity contribution in [3.63, 3.8) is 0 Å². The Balaban J connectivity index is 1.55. The van der Waals surface area contributed by atoms with E-state index in [9.17, 15) is 13.2 Å². The number of aryl methyl sites for hydroxylation is 1. The van der Waals surface area contributed by atoms with Gasteiger partial charge >= 0.3 is 0 Å². The number of amides is 1. The van der Waals surface area contributed by atoms with Crippen LogP contribution in [0.25, 0.3) is 0 Å². The Morgan fingerprint density at radius 2 is 1.79 bits per heavy atom. The molecule has 0 saturated heterocycles. The minimum Gasteiger partial charge on any atom is -0.347 e. The Hall–Kier alpha value is -2.71. The minimum atomic E-state index is -3.58. The van der Waals surface area contributed by atoms with E-state index in [1.54, 1.807) is 48.5 Å². The predicted molar refractivity (Wildman–Crippen MR) is 103 cm³/mol. The first-order chi connectivity index (χ1) is 13.3. The molecule has 0 unspecified atom stereocenters. The highest BCUT2D eigenvalue weighted by atomic mass is 35.5. The molecular formula is C19H18ClN3O4S. The second kappa shape index (κ2) is 8.53. The van der Waals surface area contributed by atoms with Gasteiger partial charge in [-0.15, -0.1) is 0 Å². The lowest BCUT2D eigenvalue weighted by molar-refractivity contribution is -0.120. The third kappa shape index (κ3) is 5.40. The van der Waals surface area contributed by atoms with E-state index in [-0.39, 0.29) is 41.2 Å². The first-order valence-electron chi connectivity index (χ1n) is 8.44. The van der Waals surface area contributed by atoms with E-state index >= 15 is 0 Å². The number of nitrogens with one attached hydrogen (secondary N) is 1. The third-order valence-electron chi connectivity index (χ3n) is 3.92. The number of hydrogen-bond donors (Lipinski definition) is 1. The van der Waals surface area contributed by atoms with E-state index in [0.717, 1.165) is 11.1 Å². The number of aromatic nitrogens is 2. The molecule has 28 heavy (non-hydrogen) atoms. The average molecular weight is 420 g/mol. The van der Waals surface area contributed by atoms with Crippen LogP contribution in [0.1, 0.15) is 22.8 Å². The maximum Gasteiger partial charge on any atom is 0.246 e. The molecule has 0 saturated carbocycles. The second-order valence-electron chi connectivity index (χ2n) is 6.26. The Morgan fingerprint density at radius 3 is 2.46 bits per heavy atom. The van der Waals surface area contributed by atoms with Crippen molar-refractivity contribution in [3.8, 4) is 0 Å². The zero-order chi connectivity index (χ0) is 20.1. The maximum atomic E-state index is 12.4. The van der Waals surface area contributed by atoms with E-state index in [4.69, 9.17) is 16.1 Å². The predicted octanol–water partition coefficient (Wildman–Crippen LogP) is 2.86. The molecule has 0 aliphatic rings. The van der Waals surface area contributed by atoms with E-state index < -0.39 is 9.84 Å². The molecule has 1 amide bonds. The standard InChI is InChI=1S/C19H18ClN3O4S/c1-13-2-8-16(9-3-13)28(25,26)12-17-22-19(27-23-17)11-21-18(24)10-14-4-6-15(20)7-5-14/h2-9H,10-12H2,1H3,(H,21,24). The molecule has 1 aromatic heterocycles. The van der Waals surface area contributed by atoms with Crippen molar-refractivity contribution in [2.24, 2.45) is 0 Å². The summed E-state index contributed by atoms with van der Waals surface area (Å²) < 4.78 is 29.9. The van der Waals surface area contributed by atoms with Crippen LogP contribution in [0, 0.1) is 6.92 Å². The first kappa shape index (κ1) is 20.0. The quantitative estimate of drug-likeness (QED) is 0.631. The van der Waals surface area contributed by atoms with E-state index in [0.29, 0.717) is 5.02 Å². The topological polar surface area (TPSA) is 102 Å². The summed E-state index contributed by atoms with van der Waals surface area (Å²) in [7, 11) is -3.58. The summed E-state index contributed by atoms with van der Waals surface area (Å²) in [5.74, 6) is -0.423. The average Bonchev–Trinajstić information content (AvgIpc) is 3.09. The molecule has 0 aliphatic heterocycles. The van der Waals surface area contributed by atoms with E-state index in [2.05, 4.69) is 15.5 Å². The van der Waals surface area contributed by atoms with Crippen LogP contribution in [0.3, 0.4) is 0 Å². The molecule has 0 bridgehead atoms. The smallest absolute Gasteiger partial charge is 0.246 e. The Kier molecular flexibility index (Phi) is 6.11. The summed E-state index contributed by atoms with van der Waals surface area (Å²) >= 11 is 5.81. The van der Waals surface area contributed by atoms with Gasteiger partial charge in [0.15, 0.2) is 15.7 Å². The third-order valence-corrected chi connectivity index (χ3v) is 5.80. The normalized spacial score (nSPS) is 11.4. The van der Waals surface area contributed by atoms with Crippen LogP contribution in [-0.2, 0) is 33.4 Å². The lowest BCUT2D eigenvalue weighted by Gasteiger charge is -2.03. The number of rotatable bonds is 7. The molecule has 0 spiro atoms. The van der Waals surface area contributed by atoms with Gasteiger partial charge in [-0.2, -0.15) is 4.98 Å². The zero-order valence-electron chi connectivity index (χ0n) is 15.1. The summed E-state index contributed by atoms with van der Waals surface area (Å²) in [6.07, 6.45) is 0.181. The lowest BCUT2D eigenvalue weighted by Crippen LogP contribution is -2.24. The van der Waals surface area contributed by atoms with Gasteiger partial charge in [-0.25, -0.2) is 8.42 Å². The van der Waals surface area contributed by atoms with Crippen molar-refractivity contribution in [2.45, 2.75) is 30.5 Å². The molecule has 1 heterocycles. The summed E-state index contributed by atoms with van der Waals surface area (Å²) in [5.41, 5.74) is 1.78. The largest absolute Gasteiger partial charge is 0.347 e. The van der Waals surface area contributed by atoms with Crippen LogP contribution < -0.4 is 5.32 Å². The van der Waals surface area contributed by atoms with E-state index in [1.165, 1.54) is 0 Å². The van der Waals surface area contributed by atoms with Gasteiger partial charge < -0.3 is 9.84 Å². The van der Waals surface area contributed by atoms with Crippen LogP contribution in [0.5, 0.6) is 0 Å². The summed E-state index contributed by atoms with van der Waals surface area (Å²) in [6.45, 7) is 1.90. The van der Waals surface area contributed by atoms with E-state index in [1.807, 2.05) is 6.92 Å². The van der Waals surface area contributed by atoms with Crippen molar-refractivity contribution in [1.82, 2.24) is 15.5 Å². The number of carbonyl (C=O) groups excluding carboxylic acids is 1. The van der Waals surface area contributed by atoms with Gasteiger partial charge in [0.2, 0.25) is 11.8 Å². The van der Waals surface area contributed by atoms with Crippen molar-refractivity contribution in [1.29, 1.82) is 0 Å². The molecule has 0 radical (unpaired) electrons. The molecule has 0 aliphatic carbocycles. The van der Waals surface area contributed by atoms with Gasteiger partial charge in [0, 0.05) is 5.02 Å². The fourth-order valence-corrected chi connectivity index (χ4v) is 3.74. The van der Waals surface area contributed by atoms with Crippen LogP contribution in [-0.4, -0.2) is 24.5 Å². The molecule has 1 N–H and O–H groups in total. The number of halogens is 1. The highest BCUT2D eigenvalue weighted by Gasteiger charge is 2.19. The fraction of sp³-hybridized carbons (Fsp3) is 0.211. The molecule has 0 atom stereocenters. The second-order valence-corrected chi connectivity index (χ2v) is 8.68. The monoisotopic (exact) mass is 419 g/mol. The molecule has 7 nitrogen and oxygen atoms in total. The number of benzene rings is 2. The Bertz CT molecular complexity index is 1060. The van der Waals surface area contributed by atoms with Gasteiger partial charge in [-0.3, -0.25) is 4.79 Å². The van der Waals surface area contributed by atoms with Crippen molar-refractivity contribution in [2.75, 3.05) is 0 Å². The summed E-state index contributed by atoms with van der Waals surface area (Å²) in [6, 6.07) is 13.5. The highest BCUT2D eigenvalue weighted by molar-refractivity contribution is 7.90. The molecule has 3 rings (SSSR count). The van der Waals surface area contributed by atoms with Gasteiger partial charge in [-0.1, -0.05) is 46.6 Å². The number of carbonyl (C=O) groups is 1. The van der Waals surface area contributed by atoms with Crippen LogP contribution in [0.15, 0.2) is 57.9 Å². The lowest BCUT2D eigenvalue weighted by atomic mass is 10.1. The van der Waals surface area contributed by atoms with Crippen LogP contribution in [0.2, 0.25) is 5.02 Å². The van der Waals surface area contributed by atoms with Crippen LogP contribution in [0.4, 0.5) is 0 Å². The highest BCUT2D eigenvalue weighted by Crippen LogP contribution is 2.16. The number of sulfone groups is 1. The fourth-order valence-electron chi connectivity index (χ4n) is 2.44. The number of hydrogen-bond acceptors (Lipinski definition) is 6. The minimum absolute atomic E-state index is 0.0179. The van der Waals surface area contributed by atoms with Gasteiger partial charge in [0.1, 0.15) is 5.75 Å². The van der Waals surface area contributed by atoms with Crippen molar-refractivity contribution < 1.29 is 17.7 Å². The van der Waals surface area contributed by atoms with Gasteiger partial charge in [-0.05, 0) is 36.8 Å². The Labute approximate surface area is 167 Å². The van der Waals surface area contributed by atoms with Crippen molar-refractivity contribution in [3.05, 3.63) is 76.4 Å². The molecule has 146 valence electrons. The van der Waals surface area contributed by atoms with Gasteiger partial charge in [0.25, 0.3) is 0 Å². The molecule has 3 aromatic rings. The van der Waals surface area contributed by atoms with Crippen molar-refractivity contribution >= 4 is 27.3 Å². The molecule has 9 heteroatoms. The molecule has 0 fully saturated rings. The van der Waals surface area contributed by atoms with Gasteiger partial charge in [0.05, 0.1) is 17.9 Å². The number of nitrogens with zero attached hydrogens (tertiary/aromatic N) is 2. The molecule has 2 aromatic carbocycles. The molecular weight excluding hydrogens is 402 g/mol. The maximum absolute atomic E-state index is 12.4. The summed E-state index contributed by atoms with van der Waals surface area (Å²) in [5, 5.41) is 6.94. The van der Waals surface area contributed by atoms with Crippen LogP contribution >= 0.6 is 11.6 Å². The SMILES string of the molecule is Cc1ccc(S(=O)(=O)Cc2noc(CNC(=O)Cc3ccc(Cl)cc3)n2)cc1. The zero-order valence-corrected chi connectivity index (χ0v) is 16.6. The Morgan fingerprint density at radius 1 is 1.11 bits per heavy atom. The summed E-state index contributed by atoms with van der Waals surface area (Å²) in [4.78, 5) is 16.2. The first-order valence-corrected chi connectivity index (χ1v) is 10.5.